The molecule has 0 N–H and O–H groups in total. The van der Waals surface area contributed by atoms with Crippen LogP contribution in [0.4, 0.5) is 0 Å². The standard InChI is InChI=1S/C16H9BrCl2N4S/c17-10-6-4-9(5-7-10)13-8-24-16-21-20-15(23(16)22-13)11-2-1-3-12(18)14(11)19/h1-7H,8H2. The fraction of sp³-hybridized carbons (Fsp3) is 0.0625. The number of benzene rings is 2. The summed E-state index contributed by atoms with van der Waals surface area (Å²) in [6.07, 6.45) is 0. The maximum Gasteiger partial charge on any atom is 0.212 e. The molecule has 120 valence electrons. The number of aromatic nitrogens is 3. The van der Waals surface area contributed by atoms with Gasteiger partial charge >= 0.3 is 0 Å². The molecule has 0 radical (unpaired) electrons. The molecule has 0 atom stereocenters. The van der Waals surface area contributed by atoms with Gasteiger partial charge in [-0.3, -0.25) is 0 Å². The van der Waals surface area contributed by atoms with Crippen LogP contribution in [-0.4, -0.2) is 26.3 Å². The van der Waals surface area contributed by atoms with Crippen LogP contribution < -0.4 is 0 Å². The summed E-state index contributed by atoms with van der Waals surface area (Å²) >= 11 is 17.5. The van der Waals surface area contributed by atoms with Crippen molar-refractivity contribution in [3.05, 3.63) is 62.5 Å². The minimum atomic E-state index is 0.449. The van der Waals surface area contributed by atoms with E-state index in [9.17, 15) is 0 Å². The van der Waals surface area contributed by atoms with Crippen molar-refractivity contribution < 1.29 is 0 Å². The second kappa shape index (κ2) is 6.52. The average Bonchev–Trinajstić information content (AvgIpc) is 3.01. The number of halogens is 3. The quantitative estimate of drug-likeness (QED) is 0.538. The molecule has 1 aliphatic heterocycles. The molecule has 2 aromatic carbocycles. The molecule has 24 heavy (non-hydrogen) atoms. The minimum absolute atomic E-state index is 0.449. The van der Waals surface area contributed by atoms with E-state index in [0.717, 1.165) is 26.7 Å². The Bertz CT molecular complexity index is 953. The largest absolute Gasteiger partial charge is 0.212 e. The highest BCUT2D eigenvalue weighted by atomic mass is 79.9. The van der Waals surface area contributed by atoms with Crippen LogP contribution in [0.25, 0.3) is 11.4 Å². The predicted molar refractivity (Wildman–Crippen MR) is 102 cm³/mol. The zero-order valence-corrected chi connectivity index (χ0v) is 16.0. The molecule has 8 heteroatoms. The molecule has 0 fully saturated rings. The van der Waals surface area contributed by atoms with Gasteiger partial charge in [-0.1, -0.05) is 69.1 Å². The summed E-state index contributed by atoms with van der Waals surface area (Å²) in [5.41, 5.74) is 2.73. The van der Waals surface area contributed by atoms with Crippen molar-refractivity contribution >= 4 is 56.6 Å². The van der Waals surface area contributed by atoms with E-state index >= 15 is 0 Å². The van der Waals surface area contributed by atoms with Crippen molar-refractivity contribution in [3.8, 4) is 11.4 Å². The fourth-order valence-electron chi connectivity index (χ4n) is 2.36. The molecule has 1 aromatic heterocycles. The number of hydrogen-bond donors (Lipinski definition) is 0. The minimum Gasteiger partial charge on any atom is -0.186 e. The van der Waals surface area contributed by atoms with E-state index < -0.39 is 0 Å². The molecule has 0 aliphatic carbocycles. The van der Waals surface area contributed by atoms with Crippen molar-refractivity contribution in [2.24, 2.45) is 5.10 Å². The van der Waals surface area contributed by atoms with Gasteiger partial charge < -0.3 is 0 Å². The van der Waals surface area contributed by atoms with Crippen LogP contribution in [0.5, 0.6) is 0 Å². The third-order valence-electron chi connectivity index (χ3n) is 3.54. The molecule has 3 aromatic rings. The Morgan fingerprint density at radius 3 is 2.62 bits per heavy atom. The molecular weight excluding hydrogens is 431 g/mol. The van der Waals surface area contributed by atoms with Crippen LogP contribution in [0.2, 0.25) is 10.0 Å². The summed E-state index contributed by atoms with van der Waals surface area (Å²) in [5.74, 6) is 1.32. The van der Waals surface area contributed by atoms with Crippen molar-refractivity contribution in [3.63, 3.8) is 0 Å². The van der Waals surface area contributed by atoms with E-state index in [0.29, 0.717) is 21.4 Å². The number of fused-ring (bicyclic) bond motifs is 1. The summed E-state index contributed by atoms with van der Waals surface area (Å²) in [4.78, 5) is 0. The number of rotatable bonds is 2. The van der Waals surface area contributed by atoms with E-state index in [2.05, 4.69) is 26.1 Å². The van der Waals surface area contributed by atoms with Gasteiger partial charge in [0.15, 0.2) is 5.82 Å². The van der Waals surface area contributed by atoms with Crippen LogP contribution in [0.15, 0.2) is 57.2 Å². The van der Waals surface area contributed by atoms with Crippen molar-refractivity contribution in [1.82, 2.24) is 14.9 Å². The highest BCUT2D eigenvalue weighted by Gasteiger charge is 2.22. The van der Waals surface area contributed by atoms with Gasteiger partial charge in [0.05, 0.1) is 15.8 Å². The van der Waals surface area contributed by atoms with Crippen molar-refractivity contribution in [1.29, 1.82) is 0 Å². The zero-order chi connectivity index (χ0) is 16.7. The Balaban J connectivity index is 1.82. The van der Waals surface area contributed by atoms with E-state index in [4.69, 9.17) is 28.3 Å². The molecule has 0 saturated heterocycles. The zero-order valence-electron chi connectivity index (χ0n) is 12.1. The molecule has 0 saturated carbocycles. The van der Waals surface area contributed by atoms with Crippen molar-refractivity contribution in [2.75, 3.05) is 5.75 Å². The normalized spacial score (nSPS) is 13.5. The number of hydrogen-bond acceptors (Lipinski definition) is 4. The van der Waals surface area contributed by atoms with Gasteiger partial charge in [-0.15, -0.1) is 10.2 Å². The monoisotopic (exact) mass is 438 g/mol. The summed E-state index contributed by atoms with van der Waals surface area (Å²) in [5, 5.41) is 14.8. The Morgan fingerprint density at radius 2 is 1.83 bits per heavy atom. The van der Waals surface area contributed by atoms with E-state index in [-0.39, 0.29) is 0 Å². The van der Waals surface area contributed by atoms with Crippen LogP contribution in [0.3, 0.4) is 0 Å². The Morgan fingerprint density at radius 1 is 1.04 bits per heavy atom. The lowest BCUT2D eigenvalue weighted by Gasteiger charge is -2.14. The summed E-state index contributed by atoms with van der Waals surface area (Å²) in [6.45, 7) is 0. The lowest BCUT2D eigenvalue weighted by molar-refractivity contribution is 0.762. The van der Waals surface area contributed by atoms with Crippen LogP contribution in [0, 0.1) is 0 Å². The lowest BCUT2D eigenvalue weighted by atomic mass is 10.1. The molecule has 2 heterocycles. The SMILES string of the molecule is Clc1cccc(-c2nnc3n2N=C(c2ccc(Br)cc2)CS3)c1Cl. The van der Waals surface area contributed by atoms with Gasteiger partial charge in [-0.2, -0.15) is 9.78 Å². The van der Waals surface area contributed by atoms with Gasteiger partial charge in [0.1, 0.15) is 0 Å². The van der Waals surface area contributed by atoms with Crippen molar-refractivity contribution in [2.45, 2.75) is 5.16 Å². The summed E-state index contributed by atoms with van der Waals surface area (Å²) < 4.78 is 2.76. The Labute approximate surface area is 161 Å². The fourth-order valence-corrected chi connectivity index (χ4v) is 3.84. The third kappa shape index (κ3) is 2.88. The molecule has 4 rings (SSSR count). The molecule has 0 spiro atoms. The van der Waals surface area contributed by atoms with Gasteiger partial charge in [-0.05, 0) is 29.8 Å². The first-order valence-electron chi connectivity index (χ1n) is 7.00. The van der Waals surface area contributed by atoms with Gasteiger partial charge in [0, 0.05) is 15.8 Å². The van der Waals surface area contributed by atoms with Gasteiger partial charge in [0.2, 0.25) is 5.16 Å². The first kappa shape index (κ1) is 16.1. The number of thioether (sulfide) groups is 1. The molecule has 0 unspecified atom stereocenters. The van der Waals surface area contributed by atoms with E-state index in [1.54, 1.807) is 22.5 Å². The van der Waals surface area contributed by atoms with Gasteiger partial charge in [-0.25, -0.2) is 0 Å². The Hall–Kier alpha value is -1.34. The highest BCUT2D eigenvalue weighted by molar-refractivity contribution is 9.10. The molecule has 1 aliphatic rings. The highest BCUT2D eigenvalue weighted by Crippen LogP contribution is 2.35. The van der Waals surface area contributed by atoms with E-state index in [1.165, 1.54) is 0 Å². The lowest BCUT2D eigenvalue weighted by Crippen LogP contribution is -2.13. The topological polar surface area (TPSA) is 43.1 Å². The Kier molecular flexibility index (Phi) is 4.39. The van der Waals surface area contributed by atoms with E-state index in [1.807, 2.05) is 36.4 Å². The third-order valence-corrected chi connectivity index (χ3v) is 5.82. The second-order valence-electron chi connectivity index (χ2n) is 5.06. The maximum absolute atomic E-state index is 6.32. The van der Waals surface area contributed by atoms with Crippen LogP contribution >= 0.6 is 50.9 Å². The smallest absolute Gasteiger partial charge is 0.186 e. The molecule has 0 bridgehead atoms. The summed E-state index contributed by atoms with van der Waals surface area (Å²) in [6, 6.07) is 13.5. The second-order valence-corrected chi connectivity index (χ2v) is 7.70. The van der Waals surface area contributed by atoms with Crippen LogP contribution in [0.1, 0.15) is 5.56 Å². The molecular formula is C16H9BrCl2N4S. The number of nitrogens with zero attached hydrogens (tertiary/aromatic N) is 4. The predicted octanol–water partition coefficient (Wildman–Crippen LogP) is 5.37. The van der Waals surface area contributed by atoms with Crippen LogP contribution in [-0.2, 0) is 0 Å². The first-order valence-corrected chi connectivity index (χ1v) is 9.53. The maximum atomic E-state index is 6.32. The first-order chi connectivity index (χ1) is 11.6. The molecule has 4 nitrogen and oxygen atoms in total. The van der Waals surface area contributed by atoms with Gasteiger partial charge in [0.25, 0.3) is 0 Å². The average molecular weight is 440 g/mol. The summed E-state index contributed by atoms with van der Waals surface area (Å²) in [7, 11) is 0. The molecule has 0 amide bonds.